The van der Waals surface area contributed by atoms with Crippen LogP contribution in [0.25, 0.3) is 0 Å². The molecule has 2 aromatic carbocycles. The van der Waals surface area contributed by atoms with E-state index < -0.39 is 5.97 Å². The van der Waals surface area contributed by atoms with Gasteiger partial charge in [-0.05, 0) is 42.3 Å². The van der Waals surface area contributed by atoms with E-state index in [-0.39, 0.29) is 12.1 Å². The molecule has 7 nitrogen and oxygen atoms in total. The van der Waals surface area contributed by atoms with Gasteiger partial charge in [-0.3, -0.25) is 0 Å². The summed E-state index contributed by atoms with van der Waals surface area (Å²) in [5.74, 6) is -0.455. The number of ether oxygens (including phenoxy) is 1. The molecule has 3 aromatic rings. The Kier molecular flexibility index (Phi) is 5.46. The Bertz CT molecular complexity index is 1090. The molecule has 154 valence electrons. The minimum Gasteiger partial charge on any atom is -0.465 e. The van der Waals surface area contributed by atoms with Gasteiger partial charge in [0, 0.05) is 29.4 Å². The summed E-state index contributed by atoms with van der Waals surface area (Å²) in [5.41, 5.74) is 4.53. The van der Waals surface area contributed by atoms with Crippen LogP contribution in [0.3, 0.4) is 0 Å². The number of aromatic amines is 1. The van der Waals surface area contributed by atoms with Gasteiger partial charge in [0.1, 0.15) is 6.04 Å². The van der Waals surface area contributed by atoms with Crippen molar-refractivity contribution >= 4 is 29.3 Å². The number of amides is 2. The second-order valence-corrected chi connectivity index (χ2v) is 7.55. The fourth-order valence-corrected chi connectivity index (χ4v) is 3.79. The predicted octanol–water partition coefficient (Wildman–Crippen LogP) is 4.34. The molecule has 0 fully saturated rings. The molecule has 2 heterocycles. The van der Waals surface area contributed by atoms with Gasteiger partial charge in [0.2, 0.25) is 0 Å². The van der Waals surface area contributed by atoms with Gasteiger partial charge in [-0.1, -0.05) is 29.8 Å². The third-order valence-electron chi connectivity index (χ3n) is 5.27. The molecule has 2 amide bonds. The van der Waals surface area contributed by atoms with Crippen molar-refractivity contribution in [3.8, 4) is 0 Å². The van der Waals surface area contributed by atoms with Crippen LogP contribution in [0, 0.1) is 6.92 Å². The minimum absolute atomic E-state index is 0.270. The Balaban J connectivity index is 1.66. The Morgan fingerprint density at radius 1 is 1.23 bits per heavy atom. The van der Waals surface area contributed by atoms with Crippen molar-refractivity contribution in [1.82, 2.24) is 14.9 Å². The number of rotatable bonds is 3. The van der Waals surface area contributed by atoms with Crippen LogP contribution in [0.1, 0.15) is 38.9 Å². The number of benzene rings is 2. The number of nitrogens with one attached hydrogen (secondary N) is 2. The Morgan fingerprint density at radius 3 is 2.73 bits per heavy atom. The van der Waals surface area contributed by atoms with Gasteiger partial charge in [0.25, 0.3) is 0 Å². The molecule has 30 heavy (non-hydrogen) atoms. The normalized spacial score (nSPS) is 15.4. The van der Waals surface area contributed by atoms with Crippen molar-refractivity contribution in [2.24, 2.45) is 0 Å². The van der Waals surface area contributed by atoms with E-state index >= 15 is 0 Å². The average molecular weight is 425 g/mol. The average Bonchev–Trinajstić information content (AvgIpc) is 3.23. The van der Waals surface area contributed by atoms with Crippen LogP contribution in [-0.4, -0.2) is 40.5 Å². The third kappa shape index (κ3) is 3.76. The van der Waals surface area contributed by atoms with E-state index in [1.807, 2.05) is 19.1 Å². The topological polar surface area (TPSA) is 87.3 Å². The van der Waals surface area contributed by atoms with E-state index in [0.717, 1.165) is 22.5 Å². The number of esters is 1. The van der Waals surface area contributed by atoms with Crippen molar-refractivity contribution in [1.29, 1.82) is 0 Å². The number of halogens is 1. The van der Waals surface area contributed by atoms with Crippen LogP contribution >= 0.6 is 11.6 Å². The van der Waals surface area contributed by atoms with Gasteiger partial charge >= 0.3 is 12.0 Å². The number of imidazole rings is 1. The smallest absolute Gasteiger partial charge is 0.337 e. The highest BCUT2D eigenvalue weighted by Crippen LogP contribution is 2.34. The first-order valence-corrected chi connectivity index (χ1v) is 9.90. The first kappa shape index (κ1) is 20.0. The molecule has 0 bridgehead atoms. The summed E-state index contributed by atoms with van der Waals surface area (Å²) in [7, 11) is 1.33. The van der Waals surface area contributed by atoms with Crippen LogP contribution < -0.4 is 5.32 Å². The second kappa shape index (κ2) is 8.20. The van der Waals surface area contributed by atoms with Gasteiger partial charge in [-0.25, -0.2) is 14.6 Å². The SMILES string of the molecule is COC(=O)c1ccc(C)c(NC(=O)N2CCc3[nH]cnc3C2c2ccc(Cl)cc2)c1. The summed E-state index contributed by atoms with van der Waals surface area (Å²) in [4.78, 5) is 34.5. The number of carbonyl (C=O) groups excluding carboxylic acids is 2. The Hall–Kier alpha value is -3.32. The Labute approximate surface area is 179 Å². The number of hydrogen-bond donors (Lipinski definition) is 2. The highest BCUT2D eigenvalue weighted by Gasteiger charge is 2.34. The maximum atomic E-state index is 13.3. The summed E-state index contributed by atoms with van der Waals surface area (Å²) in [6.07, 6.45) is 2.33. The summed E-state index contributed by atoms with van der Waals surface area (Å²) >= 11 is 6.05. The fourth-order valence-electron chi connectivity index (χ4n) is 3.67. The molecule has 1 aliphatic rings. The second-order valence-electron chi connectivity index (χ2n) is 7.12. The molecule has 1 unspecified atom stereocenters. The molecule has 0 saturated heterocycles. The molecule has 2 N–H and O–H groups in total. The molecule has 1 aromatic heterocycles. The summed E-state index contributed by atoms with van der Waals surface area (Å²) < 4.78 is 4.78. The predicted molar refractivity (Wildman–Crippen MR) is 114 cm³/mol. The van der Waals surface area contributed by atoms with Crippen molar-refractivity contribution in [2.75, 3.05) is 19.0 Å². The number of methoxy groups -OCH3 is 1. The molecular formula is C22H21ClN4O3. The molecule has 0 radical (unpaired) electrons. The van der Waals surface area contributed by atoms with E-state index in [1.165, 1.54) is 7.11 Å². The zero-order valence-electron chi connectivity index (χ0n) is 16.6. The number of anilines is 1. The van der Waals surface area contributed by atoms with E-state index in [0.29, 0.717) is 29.2 Å². The fraction of sp³-hybridized carbons (Fsp3) is 0.227. The molecule has 4 rings (SSSR count). The van der Waals surface area contributed by atoms with E-state index in [9.17, 15) is 9.59 Å². The largest absolute Gasteiger partial charge is 0.465 e. The molecule has 1 aliphatic heterocycles. The maximum absolute atomic E-state index is 13.3. The van der Waals surface area contributed by atoms with E-state index in [2.05, 4.69) is 15.3 Å². The highest BCUT2D eigenvalue weighted by atomic mass is 35.5. The maximum Gasteiger partial charge on any atom is 0.337 e. The molecule has 1 atom stereocenters. The molecule has 0 saturated carbocycles. The van der Waals surface area contributed by atoms with Crippen LogP contribution in [0.5, 0.6) is 0 Å². The lowest BCUT2D eigenvalue weighted by atomic mass is 9.96. The monoisotopic (exact) mass is 424 g/mol. The summed E-state index contributed by atoms with van der Waals surface area (Å²) in [6, 6.07) is 11.9. The minimum atomic E-state index is -0.455. The number of urea groups is 1. The zero-order chi connectivity index (χ0) is 21.3. The highest BCUT2D eigenvalue weighted by molar-refractivity contribution is 6.30. The summed E-state index contributed by atoms with van der Waals surface area (Å²) in [5, 5.41) is 3.58. The molecule has 8 heteroatoms. The molecule has 0 aliphatic carbocycles. The van der Waals surface area contributed by atoms with Crippen LogP contribution in [0.4, 0.5) is 10.5 Å². The number of nitrogens with zero attached hydrogens (tertiary/aromatic N) is 2. The standard InChI is InChI=1S/C22H21ClN4O3/c1-13-3-4-15(21(28)30-2)11-18(13)26-22(29)27-10-9-17-19(25-12-24-17)20(27)14-5-7-16(23)8-6-14/h3-8,11-12,20H,9-10H2,1-2H3,(H,24,25)(H,26,29). The lowest BCUT2D eigenvalue weighted by molar-refractivity contribution is 0.0600. The van der Waals surface area contributed by atoms with Crippen LogP contribution in [-0.2, 0) is 11.2 Å². The number of H-pyrrole nitrogens is 1. The van der Waals surface area contributed by atoms with E-state index in [1.54, 1.807) is 41.6 Å². The number of fused-ring (bicyclic) bond motifs is 1. The number of aryl methyl sites for hydroxylation is 1. The van der Waals surface area contributed by atoms with Crippen LogP contribution in [0.2, 0.25) is 5.02 Å². The summed E-state index contributed by atoms with van der Waals surface area (Å²) in [6.45, 7) is 2.39. The molecular weight excluding hydrogens is 404 g/mol. The first-order chi connectivity index (χ1) is 14.5. The quantitative estimate of drug-likeness (QED) is 0.612. The van der Waals surface area contributed by atoms with Crippen LogP contribution in [0.15, 0.2) is 48.8 Å². The van der Waals surface area contributed by atoms with E-state index in [4.69, 9.17) is 16.3 Å². The first-order valence-electron chi connectivity index (χ1n) is 9.52. The number of carbonyl (C=O) groups is 2. The van der Waals surface area contributed by atoms with Crippen molar-refractivity contribution in [3.63, 3.8) is 0 Å². The van der Waals surface area contributed by atoms with Crippen molar-refractivity contribution < 1.29 is 14.3 Å². The number of aromatic nitrogens is 2. The van der Waals surface area contributed by atoms with Gasteiger partial charge in [-0.15, -0.1) is 0 Å². The van der Waals surface area contributed by atoms with Gasteiger partial charge in [0.05, 0.1) is 24.7 Å². The van der Waals surface area contributed by atoms with Gasteiger partial charge in [-0.2, -0.15) is 0 Å². The van der Waals surface area contributed by atoms with Crippen molar-refractivity contribution in [3.05, 3.63) is 81.9 Å². The van der Waals surface area contributed by atoms with Crippen molar-refractivity contribution in [2.45, 2.75) is 19.4 Å². The zero-order valence-corrected chi connectivity index (χ0v) is 17.4. The lowest BCUT2D eigenvalue weighted by Crippen LogP contribution is -2.43. The van der Waals surface area contributed by atoms with Gasteiger partial charge < -0.3 is 19.9 Å². The number of hydrogen-bond acceptors (Lipinski definition) is 4. The molecule has 0 spiro atoms. The third-order valence-corrected chi connectivity index (χ3v) is 5.52. The lowest BCUT2D eigenvalue weighted by Gasteiger charge is -2.35. The van der Waals surface area contributed by atoms with Gasteiger partial charge in [0.15, 0.2) is 0 Å². The Morgan fingerprint density at radius 2 is 2.00 bits per heavy atom.